The maximum atomic E-state index is 12.9. The number of carbonyl (C=O) groups is 1. The van der Waals surface area contributed by atoms with Crippen LogP contribution < -0.4 is 0 Å². The van der Waals surface area contributed by atoms with Gasteiger partial charge >= 0.3 is 0 Å². The molecule has 0 saturated heterocycles. The summed E-state index contributed by atoms with van der Waals surface area (Å²) in [6, 6.07) is 6.57. The van der Waals surface area contributed by atoms with Crippen molar-refractivity contribution in [1.82, 2.24) is 4.98 Å². The molecule has 90 valence electrons. The minimum Gasteiger partial charge on any atom is -0.289 e. The molecule has 0 bridgehead atoms. The third-order valence-corrected chi connectivity index (χ3v) is 2.32. The van der Waals surface area contributed by atoms with Gasteiger partial charge in [0.25, 0.3) is 0 Å². The Labute approximate surface area is 103 Å². The fourth-order valence-electron chi connectivity index (χ4n) is 1.39. The van der Waals surface area contributed by atoms with E-state index >= 15 is 0 Å². The number of carbonyl (C=O) groups excluding carboxylic acids is 1. The molecule has 1 heterocycles. The van der Waals surface area contributed by atoms with E-state index < -0.39 is 17.4 Å². The highest BCUT2D eigenvalue weighted by atomic mass is 19.2. The second-order valence-corrected chi connectivity index (χ2v) is 3.61. The highest BCUT2D eigenvalue weighted by Crippen LogP contribution is 2.10. The van der Waals surface area contributed by atoms with Crippen LogP contribution in [0.2, 0.25) is 0 Å². The van der Waals surface area contributed by atoms with Crippen LogP contribution in [0, 0.1) is 11.6 Å². The van der Waals surface area contributed by atoms with E-state index in [1.54, 1.807) is 30.6 Å². The summed E-state index contributed by atoms with van der Waals surface area (Å²) in [7, 11) is 0. The van der Waals surface area contributed by atoms with E-state index in [0.29, 0.717) is 0 Å². The van der Waals surface area contributed by atoms with E-state index in [1.165, 1.54) is 12.1 Å². The molecule has 4 heteroatoms. The van der Waals surface area contributed by atoms with Crippen molar-refractivity contribution in [2.24, 2.45) is 0 Å². The lowest BCUT2D eigenvalue weighted by Gasteiger charge is -1.97. The summed E-state index contributed by atoms with van der Waals surface area (Å²) in [5.74, 6) is -2.39. The van der Waals surface area contributed by atoms with Crippen molar-refractivity contribution in [2.45, 2.75) is 0 Å². The van der Waals surface area contributed by atoms with Gasteiger partial charge in [-0.1, -0.05) is 6.07 Å². The molecule has 0 aliphatic rings. The van der Waals surface area contributed by atoms with Crippen LogP contribution in [0.4, 0.5) is 8.78 Å². The minimum absolute atomic E-state index is 0.106. The number of halogens is 2. The van der Waals surface area contributed by atoms with Crippen LogP contribution in [-0.2, 0) is 0 Å². The summed E-state index contributed by atoms with van der Waals surface area (Å²) in [6.45, 7) is 0. The fraction of sp³-hybridized carbons (Fsp3) is 0. The Balaban J connectivity index is 2.17. The van der Waals surface area contributed by atoms with Crippen molar-refractivity contribution in [2.75, 3.05) is 0 Å². The average molecular weight is 245 g/mol. The maximum Gasteiger partial charge on any atom is 0.185 e. The van der Waals surface area contributed by atoms with E-state index in [-0.39, 0.29) is 5.56 Å². The zero-order valence-electron chi connectivity index (χ0n) is 9.31. The molecule has 0 N–H and O–H groups in total. The molecule has 0 spiro atoms. The summed E-state index contributed by atoms with van der Waals surface area (Å²) in [5, 5.41) is 0. The first-order chi connectivity index (χ1) is 8.66. The Kier molecular flexibility index (Phi) is 3.57. The number of hydrogen-bond donors (Lipinski definition) is 0. The molecule has 0 aliphatic heterocycles. The third kappa shape index (κ3) is 2.85. The number of hydrogen-bond acceptors (Lipinski definition) is 2. The number of pyridine rings is 1. The molecule has 2 aromatic rings. The number of aromatic nitrogens is 1. The first-order valence-electron chi connectivity index (χ1n) is 5.24. The summed E-state index contributed by atoms with van der Waals surface area (Å²) in [4.78, 5) is 15.6. The van der Waals surface area contributed by atoms with Crippen molar-refractivity contribution in [3.8, 4) is 0 Å². The number of rotatable bonds is 3. The molecule has 2 nitrogen and oxygen atoms in total. The quantitative estimate of drug-likeness (QED) is 0.613. The van der Waals surface area contributed by atoms with Crippen LogP contribution in [0.3, 0.4) is 0 Å². The largest absolute Gasteiger partial charge is 0.289 e. The molecule has 1 aromatic carbocycles. The van der Waals surface area contributed by atoms with Gasteiger partial charge in [0.1, 0.15) is 0 Å². The number of ketones is 1. The summed E-state index contributed by atoms with van der Waals surface area (Å²) >= 11 is 0. The lowest BCUT2D eigenvalue weighted by Crippen LogP contribution is -1.96. The molecule has 2 rings (SSSR count). The first-order valence-corrected chi connectivity index (χ1v) is 5.24. The maximum absolute atomic E-state index is 12.9. The van der Waals surface area contributed by atoms with E-state index in [9.17, 15) is 13.6 Å². The van der Waals surface area contributed by atoms with Gasteiger partial charge in [0.2, 0.25) is 0 Å². The Bertz CT molecular complexity index is 594. The standard InChI is InChI=1S/C14H9F2NO/c15-12-5-4-11(8-13(12)16)14(18)6-3-10-2-1-7-17-9-10/h1-9H. The van der Waals surface area contributed by atoms with Crippen molar-refractivity contribution in [3.05, 3.63) is 71.6 Å². The predicted octanol–water partition coefficient (Wildman–Crippen LogP) is 3.26. The molecule has 0 unspecified atom stereocenters. The van der Waals surface area contributed by atoms with Gasteiger partial charge in [0, 0.05) is 18.0 Å². The lowest BCUT2D eigenvalue weighted by molar-refractivity contribution is 0.104. The zero-order chi connectivity index (χ0) is 13.0. The van der Waals surface area contributed by atoms with Gasteiger partial charge in [-0.15, -0.1) is 0 Å². The zero-order valence-corrected chi connectivity index (χ0v) is 9.31. The van der Waals surface area contributed by atoms with Crippen LogP contribution in [0.15, 0.2) is 48.8 Å². The first kappa shape index (κ1) is 12.1. The fourth-order valence-corrected chi connectivity index (χ4v) is 1.39. The lowest BCUT2D eigenvalue weighted by atomic mass is 10.1. The van der Waals surface area contributed by atoms with E-state index in [0.717, 1.165) is 17.7 Å². The molecule has 0 aliphatic carbocycles. The smallest absolute Gasteiger partial charge is 0.185 e. The molecule has 0 saturated carbocycles. The molecule has 0 atom stereocenters. The Hall–Kier alpha value is -2.36. The van der Waals surface area contributed by atoms with Crippen LogP contribution in [0.25, 0.3) is 6.08 Å². The van der Waals surface area contributed by atoms with Gasteiger partial charge in [-0.25, -0.2) is 8.78 Å². The van der Waals surface area contributed by atoms with Gasteiger partial charge in [0.05, 0.1) is 0 Å². The summed E-state index contributed by atoms with van der Waals surface area (Å²) < 4.78 is 25.6. The van der Waals surface area contributed by atoms with Gasteiger partial charge in [-0.2, -0.15) is 0 Å². The topological polar surface area (TPSA) is 30.0 Å². The van der Waals surface area contributed by atoms with E-state index in [4.69, 9.17) is 0 Å². The van der Waals surface area contributed by atoms with Crippen molar-refractivity contribution in [1.29, 1.82) is 0 Å². The van der Waals surface area contributed by atoms with E-state index in [1.807, 2.05) is 0 Å². The Morgan fingerprint density at radius 2 is 2.00 bits per heavy atom. The molecular weight excluding hydrogens is 236 g/mol. The second kappa shape index (κ2) is 5.31. The molecular formula is C14H9F2NO. The highest BCUT2D eigenvalue weighted by molar-refractivity contribution is 6.06. The summed E-state index contributed by atoms with van der Waals surface area (Å²) in [5.41, 5.74) is 0.863. The van der Waals surface area contributed by atoms with Gasteiger partial charge in [-0.05, 0) is 42.0 Å². The Morgan fingerprint density at radius 3 is 2.67 bits per heavy atom. The van der Waals surface area contributed by atoms with Crippen LogP contribution in [0.5, 0.6) is 0 Å². The highest BCUT2D eigenvalue weighted by Gasteiger charge is 2.06. The number of benzene rings is 1. The van der Waals surface area contributed by atoms with Gasteiger partial charge in [-0.3, -0.25) is 9.78 Å². The second-order valence-electron chi connectivity index (χ2n) is 3.61. The average Bonchev–Trinajstić information content (AvgIpc) is 2.40. The predicted molar refractivity (Wildman–Crippen MR) is 64.0 cm³/mol. The van der Waals surface area contributed by atoms with Crippen LogP contribution in [-0.4, -0.2) is 10.8 Å². The van der Waals surface area contributed by atoms with E-state index in [2.05, 4.69) is 4.98 Å². The van der Waals surface area contributed by atoms with Gasteiger partial charge < -0.3 is 0 Å². The van der Waals surface area contributed by atoms with Crippen LogP contribution >= 0.6 is 0 Å². The molecule has 0 radical (unpaired) electrons. The van der Waals surface area contributed by atoms with Gasteiger partial charge in [0.15, 0.2) is 17.4 Å². The summed E-state index contributed by atoms with van der Waals surface area (Å²) in [6.07, 6.45) is 6.07. The number of allylic oxidation sites excluding steroid dienone is 1. The minimum atomic E-state index is -1.03. The molecule has 0 amide bonds. The van der Waals surface area contributed by atoms with Crippen LogP contribution in [0.1, 0.15) is 15.9 Å². The normalized spacial score (nSPS) is 10.8. The van der Waals surface area contributed by atoms with Crippen molar-refractivity contribution < 1.29 is 13.6 Å². The monoisotopic (exact) mass is 245 g/mol. The molecule has 18 heavy (non-hydrogen) atoms. The Morgan fingerprint density at radius 1 is 1.17 bits per heavy atom. The SMILES string of the molecule is O=C(C=Cc1cccnc1)c1ccc(F)c(F)c1. The third-order valence-electron chi connectivity index (χ3n) is 2.32. The molecule has 0 fully saturated rings. The molecule has 1 aromatic heterocycles. The van der Waals surface area contributed by atoms with Crippen molar-refractivity contribution >= 4 is 11.9 Å². The number of nitrogens with zero attached hydrogens (tertiary/aromatic N) is 1. The van der Waals surface area contributed by atoms with Crippen molar-refractivity contribution in [3.63, 3.8) is 0 Å².